The van der Waals surface area contributed by atoms with Crippen LogP contribution in [0.15, 0.2) is 182 Å². The fraction of sp³-hybridized carbons (Fsp3) is 0.178. The van der Waals surface area contributed by atoms with Crippen LogP contribution in [0.5, 0.6) is 11.5 Å². The molecule has 396 valence electrons. The van der Waals surface area contributed by atoms with Crippen LogP contribution in [0.3, 0.4) is 0 Å². The van der Waals surface area contributed by atoms with Crippen LogP contribution in [-0.2, 0) is 31.9 Å². The van der Waals surface area contributed by atoms with Gasteiger partial charge in [-0.25, -0.2) is 4.98 Å². The number of imidazole rings is 1. The Balaban J connectivity index is 0.00000637. The standard InChI is InChI=1S/C73H63BN4O.Pt/c1-45-36-47(3)68(48(4)37-45)74(69-49(5)38-46(2)39-50(69)6)54-28-33-63-60(41-54)59-31-29-55(42-65(59)78(63)67-40-53(34-35-75-67)72(7,8)9)79-56-30-32-61-66(43-56)77-44-76(64-27-19-26-62(71(64)77)73(61,10)11)70-57(51-20-14-12-15-21-51)24-18-25-58(70)52-22-16-13-17-23-52;/h12-41H,1-11H3;/q-2;. The number of rotatable bonds is 9. The number of fused-ring (bicyclic) bond motifs is 5. The molecule has 12 aromatic rings. The van der Waals surface area contributed by atoms with Crippen molar-refractivity contribution in [3.05, 3.63) is 251 Å². The minimum atomic E-state index is -0.350. The summed E-state index contributed by atoms with van der Waals surface area (Å²) in [5.74, 6) is 2.02. The quantitative estimate of drug-likeness (QED) is 0.0820. The number of pyridine rings is 1. The second-order valence-electron chi connectivity index (χ2n) is 23.6. The molecule has 0 fully saturated rings. The zero-order valence-electron chi connectivity index (χ0n) is 47.4. The topological polar surface area (TPSA) is 35.9 Å². The maximum Gasteiger partial charge on any atom is 0.268 e. The summed E-state index contributed by atoms with van der Waals surface area (Å²) in [7, 11) is 0. The van der Waals surface area contributed by atoms with Gasteiger partial charge in [0.1, 0.15) is 5.82 Å². The third-order valence-corrected chi connectivity index (χ3v) is 16.7. The van der Waals surface area contributed by atoms with E-state index < -0.39 is 0 Å². The molecule has 5 nitrogen and oxygen atoms in total. The van der Waals surface area contributed by atoms with Gasteiger partial charge in [0.05, 0.1) is 16.7 Å². The molecule has 4 heterocycles. The molecule has 13 rings (SSSR count). The third kappa shape index (κ3) is 8.75. The van der Waals surface area contributed by atoms with Crippen LogP contribution >= 0.6 is 0 Å². The second kappa shape index (κ2) is 19.9. The largest absolute Gasteiger partial charge is 0.510 e. The van der Waals surface area contributed by atoms with Crippen LogP contribution in [0.1, 0.15) is 84.7 Å². The number of ether oxygens (including phenoxy) is 1. The van der Waals surface area contributed by atoms with Crippen molar-refractivity contribution in [2.24, 2.45) is 0 Å². The average molecular weight is 1220 g/mol. The molecule has 1 aliphatic heterocycles. The van der Waals surface area contributed by atoms with E-state index in [1.54, 1.807) is 0 Å². The first-order chi connectivity index (χ1) is 38.0. The van der Waals surface area contributed by atoms with Gasteiger partial charge in [0.25, 0.3) is 6.33 Å². The summed E-state index contributed by atoms with van der Waals surface area (Å²) in [4.78, 5) is 5.08. The smallest absolute Gasteiger partial charge is 0.268 e. The predicted octanol–water partition coefficient (Wildman–Crippen LogP) is 15.2. The minimum absolute atomic E-state index is 0. The number of hydrogen-bond donors (Lipinski definition) is 0. The van der Waals surface area contributed by atoms with Gasteiger partial charge < -0.3 is 13.9 Å². The van der Waals surface area contributed by atoms with Gasteiger partial charge in [-0.3, -0.25) is 4.57 Å². The van der Waals surface area contributed by atoms with Crippen LogP contribution in [0.4, 0.5) is 0 Å². The molecule has 0 saturated heterocycles. The van der Waals surface area contributed by atoms with Gasteiger partial charge in [-0.1, -0.05) is 223 Å². The second-order valence-corrected chi connectivity index (χ2v) is 23.6. The van der Waals surface area contributed by atoms with Crippen LogP contribution in [0.25, 0.3) is 72.3 Å². The van der Waals surface area contributed by atoms with Crippen molar-refractivity contribution < 1.29 is 30.4 Å². The Kier molecular flexibility index (Phi) is 13.1. The zero-order valence-corrected chi connectivity index (χ0v) is 49.7. The van der Waals surface area contributed by atoms with E-state index in [2.05, 4.69) is 284 Å². The normalized spacial score (nSPS) is 12.7. The molecule has 0 atom stereocenters. The molecule has 0 aliphatic carbocycles. The molecule has 7 heteroatoms. The Bertz CT molecular complexity index is 4270. The summed E-state index contributed by atoms with van der Waals surface area (Å²) in [6.45, 7) is 24.9. The van der Waals surface area contributed by atoms with Gasteiger partial charge in [0, 0.05) is 44.3 Å². The maximum atomic E-state index is 6.99. The molecule has 1 aliphatic rings. The van der Waals surface area contributed by atoms with E-state index >= 15 is 0 Å². The fourth-order valence-corrected chi connectivity index (χ4v) is 13.1. The maximum absolute atomic E-state index is 6.99. The number of para-hydroxylation sites is 2. The van der Waals surface area contributed by atoms with Crippen molar-refractivity contribution in [2.75, 3.05) is 0 Å². The fourth-order valence-electron chi connectivity index (χ4n) is 13.1. The van der Waals surface area contributed by atoms with Crippen molar-refractivity contribution in [2.45, 2.75) is 87.0 Å². The minimum Gasteiger partial charge on any atom is -0.510 e. The van der Waals surface area contributed by atoms with Crippen LogP contribution in [-0.4, -0.2) is 20.8 Å². The van der Waals surface area contributed by atoms with Crippen LogP contribution in [0.2, 0.25) is 0 Å². The Morgan fingerprint density at radius 2 is 1.16 bits per heavy atom. The number of nitrogens with zero attached hydrogens (tertiary/aromatic N) is 4. The Morgan fingerprint density at radius 1 is 0.575 bits per heavy atom. The van der Waals surface area contributed by atoms with E-state index in [1.807, 2.05) is 6.20 Å². The Labute approximate surface area is 485 Å². The average Bonchev–Trinajstić information content (AvgIpc) is 4.04. The van der Waals surface area contributed by atoms with Gasteiger partial charge in [-0.05, 0) is 115 Å². The van der Waals surface area contributed by atoms with E-state index in [0.717, 1.165) is 77.8 Å². The zero-order chi connectivity index (χ0) is 54.6. The molecule has 0 radical (unpaired) electrons. The molecule has 0 unspecified atom stereocenters. The molecule has 0 spiro atoms. The SMILES string of the molecule is Cc1cc(C)c(B(c2ccc3c(c2)c2ccc(Oc4[c-]c5c(cc4)C(C)(C)c4cccc6c4n-5[c-][n+]6-c4c(-c5ccccc5)cccc4-c4ccccc4)[c-]c2n3-c2cc(C(C)(C)C)ccn2)c2c(C)cc(C)cc2C)c(C)c1.[Pt]. The predicted molar refractivity (Wildman–Crippen MR) is 328 cm³/mol. The summed E-state index contributed by atoms with van der Waals surface area (Å²) < 4.78 is 13.7. The van der Waals surface area contributed by atoms with Crippen molar-refractivity contribution >= 4 is 55.9 Å². The molecule has 0 amide bonds. The molecule has 3 aromatic heterocycles. The van der Waals surface area contributed by atoms with Crippen molar-refractivity contribution in [3.8, 4) is 50.9 Å². The van der Waals surface area contributed by atoms with E-state index in [9.17, 15) is 0 Å². The van der Waals surface area contributed by atoms with Gasteiger partial charge in [-0.2, -0.15) is 12.1 Å². The number of benzene rings is 9. The molecule has 80 heavy (non-hydrogen) atoms. The van der Waals surface area contributed by atoms with E-state index in [1.165, 1.54) is 60.9 Å². The van der Waals surface area contributed by atoms with Crippen LogP contribution in [0, 0.1) is 60.0 Å². The van der Waals surface area contributed by atoms with Gasteiger partial charge in [-0.15, -0.1) is 35.2 Å². The third-order valence-electron chi connectivity index (χ3n) is 16.7. The molecular weight excluding hydrogens is 1150 g/mol. The van der Waals surface area contributed by atoms with Gasteiger partial charge in [0.2, 0.25) is 6.71 Å². The first-order valence-electron chi connectivity index (χ1n) is 27.6. The summed E-state index contributed by atoms with van der Waals surface area (Å²) >= 11 is 0. The first-order valence-corrected chi connectivity index (χ1v) is 27.6. The molecular formula is C73H63BN4OPt-2. The molecule has 0 bridgehead atoms. The van der Waals surface area contributed by atoms with Crippen molar-refractivity contribution in [1.82, 2.24) is 14.1 Å². The molecule has 9 aromatic carbocycles. The molecule has 0 N–H and O–H groups in total. The Hall–Kier alpha value is -8.05. The van der Waals surface area contributed by atoms with Crippen molar-refractivity contribution in [3.63, 3.8) is 0 Å². The van der Waals surface area contributed by atoms with E-state index in [-0.39, 0.29) is 38.6 Å². The monoisotopic (exact) mass is 1220 g/mol. The summed E-state index contributed by atoms with van der Waals surface area (Å²) in [5, 5.41) is 2.21. The summed E-state index contributed by atoms with van der Waals surface area (Å²) in [5.41, 5.74) is 25.5. The van der Waals surface area contributed by atoms with Crippen LogP contribution < -0.4 is 25.7 Å². The van der Waals surface area contributed by atoms with Crippen molar-refractivity contribution in [1.29, 1.82) is 0 Å². The van der Waals surface area contributed by atoms with E-state index in [4.69, 9.17) is 9.72 Å². The summed E-state index contributed by atoms with van der Waals surface area (Å²) in [6.07, 6.45) is 5.85. The summed E-state index contributed by atoms with van der Waals surface area (Å²) in [6, 6.07) is 71.5. The number of aryl methyl sites for hydroxylation is 6. The molecule has 0 saturated carbocycles. The van der Waals surface area contributed by atoms with Gasteiger partial charge in [0.15, 0.2) is 0 Å². The van der Waals surface area contributed by atoms with E-state index in [0.29, 0.717) is 11.5 Å². The number of aromatic nitrogens is 4. The number of hydrogen-bond acceptors (Lipinski definition) is 2. The Morgan fingerprint density at radius 3 is 1.77 bits per heavy atom. The first kappa shape index (κ1) is 52.6. The van der Waals surface area contributed by atoms with Gasteiger partial charge >= 0.3 is 0 Å².